The van der Waals surface area contributed by atoms with Crippen molar-refractivity contribution in [1.82, 2.24) is 0 Å². The Morgan fingerprint density at radius 2 is 1.64 bits per heavy atom. The van der Waals surface area contributed by atoms with E-state index in [4.69, 9.17) is 19.3 Å². The third-order valence-corrected chi connectivity index (χ3v) is 4.48. The van der Waals surface area contributed by atoms with E-state index in [0.29, 0.717) is 31.1 Å². The number of ether oxygens (including phenoxy) is 3. The van der Waals surface area contributed by atoms with Gasteiger partial charge in [-0.1, -0.05) is 51.1 Å². The number of carboxylic acid groups (broad SMARTS) is 1. The van der Waals surface area contributed by atoms with Crippen LogP contribution in [0.4, 0.5) is 0 Å². The van der Waals surface area contributed by atoms with Gasteiger partial charge < -0.3 is 19.3 Å². The first kappa shape index (κ1) is 21.6. The van der Waals surface area contributed by atoms with Crippen molar-refractivity contribution in [2.75, 3.05) is 20.3 Å². The predicted octanol–water partition coefficient (Wildman–Crippen LogP) is 4.78. The topological polar surface area (TPSA) is 65.0 Å². The van der Waals surface area contributed by atoms with Crippen LogP contribution in [-0.4, -0.2) is 31.4 Å². The molecule has 2 aromatic rings. The van der Waals surface area contributed by atoms with Gasteiger partial charge in [0.25, 0.3) is 0 Å². The summed E-state index contributed by atoms with van der Waals surface area (Å²) in [6.07, 6.45) is 0.423. The lowest BCUT2D eigenvalue weighted by atomic mass is 9.85. The number of benzene rings is 2. The lowest BCUT2D eigenvalue weighted by Crippen LogP contribution is -2.17. The molecule has 0 fully saturated rings. The van der Waals surface area contributed by atoms with Crippen LogP contribution in [0, 0.1) is 6.92 Å². The van der Waals surface area contributed by atoms with Crippen LogP contribution in [-0.2, 0) is 16.6 Å². The zero-order valence-electron chi connectivity index (χ0n) is 17.4. The number of rotatable bonds is 9. The van der Waals surface area contributed by atoms with Crippen LogP contribution in [0.25, 0.3) is 0 Å². The first-order valence-electron chi connectivity index (χ1n) is 9.47. The summed E-state index contributed by atoms with van der Waals surface area (Å²) in [6, 6.07) is 11.7. The molecule has 0 atom stereocenters. The Balaban J connectivity index is 2.08. The van der Waals surface area contributed by atoms with Crippen molar-refractivity contribution < 1.29 is 24.1 Å². The summed E-state index contributed by atoms with van der Waals surface area (Å²) in [5.74, 6) is 1.22. The van der Waals surface area contributed by atoms with Crippen molar-refractivity contribution in [3.63, 3.8) is 0 Å². The van der Waals surface area contributed by atoms with Gasteiger partial charge in [-0.05, 0) is 41.5 Å². The van der Waals surface area contributed by atoms with Gasteiger partial charge in [-0.2, -0.15) is 0 Å². The highest BCUT2D eigenvalue weighted by Crippen LogP contribution is 2.34. The van der Waals surface area contributed by atoms with Gasteiger partial charge in [0.2, 0.25) is 0 Å². The zero-order chi connectivity index (χ0) is 20.7. The summed E-state index contributed by atoms with van der Waals surface area (Å²) in [6.45, 7) is 9.23. The van der Waals surface area contributed by atoms with E-state index >= 15 is 0 Å². The molecule has 0 saturated heterocycles. The Bertz CT molecular complexity index is 805. The standard InChI is InChI=1S/C23H30O5/c1-16-8-6-10-18(23(2,3)4)21(16)27-14-15-28-22-17(12-13-20(24)25)9-7-11-19(22)26-5/h6-11H,12-15H2,1-5H3,(H,24,25). The van der Waals surface area contributed by atoms with E-state index in [1.807, 2.05) is 31.2 Å². The van der Waals surface area contributed by atoms with E-state index < -0.39 is 5.97 Å². The Kier molecular flexibility index (Phi) is 7.32. The molecule has 0 saturated carbocycles. The van der Waals surface area contributed by atoms with E-state index in [1.165, 1.54) is 0 Å². The Hall–Kier alpha value is -2.69. The van der Waals surface area contributed by atoms with Crippen molar-refractivity contribution in [2.45, 2.75) is 46.0 Å². The average molecular weight is 386 g/mol. The van der Waals surface area contributed by atoms with Crippen LogP contribution in [0.3, 0.4) is 0 Å². The number of aryl methyl sites for hydroxylation is 2. The minimum atomic E-state index is -0.841. The largest absolute Gasteiger partial charge is 0.493 e. The second kappa shape index (κ2) is 9.49. The number of aliphatic carboxylic acids is 1. The van der Waals surface area contributed by atoms with Crippen molar-refractivity contribution in [2.24, 2.45) is 0 Å². The Labute approximate surface area is 167 Å². The normalized spacial score (nSPS) is 11.2. The number of methoxy groups -OCH3 is 1. The average Bonchev–Trinajstić information content (AvgIpc) is 2.63. The molecule has 1 N–H and O–H groups in total. The third kappa shape index (κ3) is 5.65. The summed E-state index contributed by atoms with van der Waals surface area (Å²) in [5, 5.41) is 8.96. The van der Waals surface area contributed by atoms with E-state index in [1.54, 1.807) is 13.2 Å². The minimum Gasteiger partial charge on any atom is -0.493 e. The summed E-state index contributed by atoms with van der Waals surface area (Å²) in [4.78, 5) is 10.9. The Morgan fingerprint density at radius 3 is 2.25 bits per heavy atom. The lowest BCUT2D eigenvalue weighted by molar-refractivity contribution is -0.136. The van der Waals surface area contributed by atoms with E-state index in [9.17, 15) is 4.79 Å². The quantitative estimate of drug-likeness (QED) is 0.629. The molecular formula is C23H30O5. The number of para-hydroxylation sites is 2. The van der Waals surface area contributed by atoms with Crippen LogP contribution in [0.5, 0.6) is 17.2 Å². The number of carboxylic acids is 1. The third-order valence-electron chi connectivity index (χ3n) is 4.48. The molecule has 28 heavy (non-hydrogen) atoms. The molecule has 2 rings (SSSR count). The molecule has 5 nitrogen and oxygen atoms in total. The lowest BCUT2D eigenvalue weighted by Gasteiger charge is -2.24. The first-order chi connectivity index (χ1) is 13.2. The molecule has 152 valence electrons. The fourth-order valence-corrected chi connectivity index (χ4v) is 3.05. The van der Waals surface area contributed by atoms with Crippen molar-refractivity contribution >= 4 is 5.97 Å². The molecule has 0 aliphatic heterocycles. The summed E-state index contributed by atoms with van der Waals surface area (Å²) < 4.78 is 17.4. The first-order valence-corrected chi connectivity index (χ1v) is 9.47. The molecule has 0 heterocycles. The number of carbonyl (C=O) groups is 1. The van der Waals surface area contributed by atoms with Gasteiger partial charge >= 0.3 is 5.97 Å². The molecule has 0 radical (unpaired) electrons. The second-order valence-electron chi connectivity index (χ2n) is 7.74. The molecule has 2 aromatic carbocycles. The second-order valence-corrected chi connectivity index (χ2v) is 7.74. The molecule has 5 heteroatoms. The monoisotopic (exact) mass is 386 g/mol. The minimum absolute atomic E-state index is 0.0190. The van der Waals surface area contributed by atoms with E-state index in [-0.39, 0.29) is 11.8 Å². The summed E-state index contributed by atoms with van der Waals surface area (Å²) >= 11 is 0. The van der Waals surface area contributed by atoms with Crippen LogP contribution < -0.4 is 14.2 Å². The number of hydrogen-bond donors (Lipinski definition) is 1. The molecule has 0 amide bonds. The van der Waals surface area contributed by atoms with E-state index in [2.05, 4.69) is 26.8 Å². The molecule has 0 aliphatic carbocycles. The fourth-order valence-electron chi connectivity index (χ4n) is 3.05. The van der Waals surface area contributed by atoms with Gasteiger partial charge in [0.1, 0.15) is 19.0 Å². The van der Waals surface area contributed by atoms with Crippen LogP contribution in [0.1, 0.15) is 43.9 Å². The molecule has 0 spiro atoms. The molecule has 0 unspecified atom stereocenters. The smallest absolute Gasteiger partial charge is 0.303 e. The van der Waals surface area contributed by atoms with Gasteiger partial charge in [-0.15, -0.1) is 0 Å². The van der Waals surface area contributed by atoms with Crippen LogP contribution in [0.2, 0.25) is 0 Å². The summed E-state index contributed by atoms with van der Waals surface area (Å²) in [7, 11) is 1.57. The maximum atomic E-state index is 10.9. The maximum absolute atomic E-state index is 10.9. The van der Waals surface area contributed by atoms with E-state index in [0.717, 1.165) is 22.4 Å². The SMILES string of the molecule is COc1cccc(CCC(=O)O)c1OCCOc1c(C)cccc1C(C)(C)C. The molecular weight excluding hydrogens is 356 g/mol. The van der Waals surface area contributed by atoms with Gasteiger partial charge in [-0.3, -0.25) is 4.79 Å². The van der Waals surface area contributed by atoms with Gasteiger partial charge in [-0.25, -0.2) is 0 Å². The van der Waals surface area contributed by atoms with Gasteiger partial charge in [0, 0.05) is 6.42 Å². The highest BCUT2D eigenvalue weighted by molar-refractivity contribution is 5.67. The van der Waals surface area contributed by atoms with Crippen LogP contribution in [0.15, 0.2) is 36.4 Å². The maximum Gasteiger partial charge on any atom is 0.303 e. The molecule has 0 bridgehead atoms. The fraction of sp³-hybridized carbons (Fsp3) is 0.435. The molecule has 0 aromatic heterocycles. The predicted molar refractivity (Wildman–Crippen MR) is 110 cm³/mol. The van der Waals surface area contributed by atoms with Gasteiger partial charge in [0.05, 0.1) is 7.11 Å². The Morgan fingerprint density at radius 1 is 1.00 bits per heavy atom. The highest BCUT2D eigenvalue weighted by atomic mass is 16.5. The highest BCUT2D eigenvalue weighted by Gasteiger charge is 2.20. The van der Waals surface area contributed by atoms with Crippen molar-refractivity contribution in [3.8, 4) is 17.2 Å². The summed E-state index contributed by atoms with van der Waals surface area (Å²) in [5.41, 5.74) is 3.04. The number of hydrogen-bond acceptors (Lipinski definition) is 4. The van der Waals surface area contributed by atoms with Crippen molar-refractivity contribution in [3.05, 3.63) is 53.1 Å². The van der Waals surface area contributed by atoms with Crippen LogP contribution >= 0.6 is 0 Å². The van der Waals surface area contributed by atoms with Crippen molar-refractivity contribution in [1.29, 1.82) is 0 Å². The zero-order valence-corrected chi connectivity index (χ0v) is 17.4. The molecule has 0 aliphatic rings. The van der Waals surface area contributed by atoms with Gasteiger partial charge in [0.15, 0.2) is 11.5 Å².